The smallest absolute Gasteiger partial charge is 0.328 e. The van der Waals surface area contributed by atoms with Crippen molar-refractivity contribution in [2.75, 3.05) is 7.11 Å². The molecule has 0 spiro atoms. The molecule has 3 atom stereocenters. The third-order valence-corrected chi connectivity index (χ3v) is 3.15. The molecule has 1 aliphatic rings. The summed E-state index contributed by atoms with van der Waals surface area (Å²) in [5, 5.41) is 0. The van der Waals surface area contributed by atoms with Gasteiger partial charge in [-0.25, -0.2) is 4.79 Å². The molecule has 5 heteroatoms. The summed E-state index contributed by atoms with van der Waals surface area (Å²) in [7, 11) is 1.35. The number of amides is 1. The first kappa shape index (κ1) is 14.0. The fraction of sp³-hybridized carbons (Fsp3) is 0.833. The summed E-state index contributed by atoms with van der Waals surface area (Å²) in [6.07, 6.45) is 1.21. The Hall–Kier alpha value is -1.10. The monoisotopic (exact) mass is 242 g/mol. The zero-order valence-electron chi connectivity index (χ0n) is 11.0. The quantitative estimate of drug-likeness (QED) is 0.730. The Balaban J connectivity index is 2.89. The first-order valence-electron chi connectivity index (χ1n) is 6.04. The number of hydrogen-bond acceptors (Lipinski definition) is 4. The number of nitrogens with two attached hydrogens (primary N) is 1. The standard InChI is InChI=1S/C12H22N2O3/c1-7(2)5-10(12(16)17-4)14-8(3)6-9(13)11(14)15/h7-10H,5-6,13H2,1-4H3/t8?,9?,10-/m0/s1. The van der Waals surface area contributed by atoms with Gasteiger partial charge in [-0.05, 0) is 25.7 Å². The number of hydrogen-bond donors (Lipinski definition) is 1. The lowest BCUT2D eigenvalue weighted by Gasteiger charge is -2.30. The van der Waals surface area contributed by atoms with E-state index in [1.165, 1.54) is 7.11 Å². The molecule has 0 aromatic carbocycles. The number of methoxy groups -OCH3 is 1. The molecular weight excluding hydrogens is 220 g/mol. The number of nitrogens with zero attached hydrogens (tertiary/aromatic N) is 1. The van der Waals surface area contributed by atoms with Crippen molar-refractivity contribution in [2.24, 2.45) is 11.7 Å². The number of rotatable bonds is 4. The van der Waals surface area contributed by atoms with Gasteiger partial charge in [-0.3, -0.25) is 4.79 Å². The molecule has 0 aromatic rings. The molecule has 1 saturated heterocycles. The van der Waals surface area contributed by atoms with E-state index < -0.39 is 12.1 Å². The first-order valence-corrected chi connectivity index (χ1v) is 6.04. The van der Waals surface area contributed by atoms with Gasteiger partial charge in [-0.15, -0.1) is 0 Å². The van der Waals surface area contributed by atoms with Crippen LogP contribution in [0.4, 0.5) is 0 Å². The summed E-state index contributed by atoms with van der Waals surface area (Å²) in [6, 6.07) is -0.985. The van der Waals surface area contributed by atoms with Crippen LogP contribution in [0, 0.1) is 5.92 Å². The predicted molar refractivity (Wildman–Crippen MR) is 64.2 cm³/mol. The third kappa shape index (κ3) is 2.97. The predicted octanol–water partition coefficient (Wildman–Crippen LogP) is 0.522. The van der Waals surface area contributed by atoms with E-state index in [9.17, 15) is 9.59 Å². The molecule has 0 aliphatic carbocycles. The molecule has 1 amide bonds. The van der Waals surface area contributed by atoms with Gasteiger partial charge in [0.1, 0.15) is 6.04 Å². The second-order valence-electron chi connectivity index (χ2n) is 5.11. The summed E-state index contributed by atoms with van der Waals surface area (Å²) < 4.78 is 4.78. The second-order valence-corrected chi connectivity index (χ2v) is 5.11. The number of ether oxygens (including phenoxy) is 1. The number of carbonyl (C=O) groups excluding carboxylic acids is 2. The van der Waals surface area contributed by atoms with E-state index in [2.05, 4.69) is 0 Å². The summed E-state index contributed by atoms with van der Waals surface area (Å²) >= 11 is 0. The Morgan fingerprint density at radius 2 is 2.18 bits per heavy atom. The zero-order chi connectivity index (χ0) is 13.2. The van der Waals surface area contributed by atoms with Gasteiger partial charge in [0.15, 0.2) is 0 Å². The van der Waals surface area contributed by atoms with Crippen molar-refractivity contribution < 1.29 is 14.3 Å². The summed E-state index contributed by atoms with van der Waals surface area (Å²) in [5.41, 5.74) is 5.73. The van der Waals surface area contributed by atoms with Gasteiger partial charge in [0.2, 0.25) is 5.91 Å². The van der Waals surface area contributed by atoms with Crippen molar-refractivity contribution in [2.45, 2.75) is 51.7 Å². The SMILES string of the molecule is COC(=O)[C@H](CC(C)C)N1C(=O)C(N)CC1C. The molecule has 2 unspecified atom stereocenters. The van der Waals surface area contributed by atoms with Gasteiger partial charge in [0.25, 0.3) is 0 Å². The van der Waals surface area contributed by atoms with Gasteiger partial charge in [0, 0.05) is 6.04 Å². The minimum absolute atomic E-state index is 0.000324. The maximum absolute atomic E-state index is 12.0. The van der Waals surface area contributed by atoms with Crippen LogP contribution in [0.25, 0.3) is 0 Å². The van der Waals surface area contributed by atoms with Gasteiger partial charge < -0.3 is 15.4 Å². The third-order valence-electron chi connectivity index (χ3n) is 3.15. The molecule has 0 bridgehead atoms. The van der Waals surface area contributed by atoms with Crippen molar-refractivity contribution in [1.29, 1.82) is 0 Å². The average molecular weight is 242 g/mol. The first-order chi connectivity index (χ1) is 7.88. The van der Waals surface area contributed by atoms with Crippen LogP contribution in [0.15, 0.2) is 0 Å². The number of esters is 1. The Bertz CT molecular complexity index is 304. The van der Waals surface area contributed by atoms with Crippen molar-refractivity contribution >= 4 is 11.9 Å². The normalized spacial score (nSPS) is 26.5. The molecule has 1 aliphatic heterocycles. The fourth-order valence-electron chi connectivity index (χ4n) is 2.36. The van der Waals surface area contributed by atoms with Crippen molar-refractivity contribution in [3.05, 3.63) is 0 Å². The molecule has 2 N–H and O–H groups in total. The fourth-order valence-corrected chi connectivity index (χ4v) is 2.36. The number of carbonyl (C=O) groups is 2. The molecule has 1 rings (SSSR count). The molecule has 5 nitrogen and oxygen atoms in total. The van der Waals surface area contributed by atoms with Gasteiger partial charge in [-0.2, -0.15) is 0 Å². The van der Waals surface area contributed by atoms with Crippen molar-refractivity contribution in [3.63, 3.8) is 0 Å². The second kappa shape index (κ2) is 5.49. The lowest BCUT2D eigenvalue weighted by atomic mass is 10.0. The molecule has 1 fully saturated rings. The lowest BCUT2D eigenvalue weighted by Crippen LogP contribution is -2.48. The maximum Gasteiger partial charge on any atom is 0.328 e. The summed E-state index contributed by atoms with van der Waals surface area (Å²) in [6.45, 7) is 5.95. The molecule has 0 saturated carbocycles. The molecule has 0 radical (unpaired) electrons. The number of likely N-dealkylation sites (tertiary alicyclic amines) is 1. The van der Waals surface area contributed by atoms with E-state index in [1.54, 1.807) is 4.90 Å². The van der Waals surface area contributed by atoms with Crippen molar-refractivity contribution in [3.8, 4) is 0 Å². The molecule has 17 heavy (non-hydrogen) atoms. The summed E-state index contributed by atoms with van der Waals surface area (Å²) in [5.74, 6) is -0.183. The summed E-state index contributed by atoms with van der Waals surface area (Å²) in [4.78, 5) is 25.3. The van der Waals surface area contributed by atoms with E-state index >= 15 is 0 Å². The highest BCUT2D eigenvalue weighted by Gasteiger charge is 2.42. The molecule has 0 aromatic heterocycles. The van der Waals surface area contributed by atoms with E-state index in [0.29, 0.717) is 18.8 Å². The van der Waals surface area contributed by atoms with Crippen molar-refractivity contribution in [1.82, 2.24) is 4.90 Å². The molecule has 1 heterocycles. The minimum Gasteiger partial charge on any atom is -0.467 e. The Morgan fingerprint density at radius 1 is 1.59 bits per heavy atom. The van der Waals surface area contributed by atoms with Crippen LogP contribution < -0.4 is 5.73 Å². The molecule has 98 valence electrons. The van der Waals surface area contributed by atoms with Crippen LogP contribution >= 0.6 is 0 Å². The van der Waals surface area contributed by atoms with Crippen LogP contribution in [0.2, 0.25) is 0 Å². The van der Waals surface area contributed by atoms with Gasteiger partial charge in [0.05, 0.1) is 13.2 Å². The Kier molecular flexibility index (Phi) is 4.51. The van der Waals surface area contributed by atoms with Crippen LogP contribution in [0.1, 0.15) is 33.6 Å². The van der Waals surface area contributed by atoms with E-state index in [1.807, 2.05) is 20.8 Å². The highest BCUT2D eigenvalue weighted by molar-refractivity contribution is 5.89. The highest BCUT2D eigenvalue weighted by Crippen LogP contribution is 2.24. The van der Waals surface area contributed by atoms with Gasteiger partial charge in [-0.1, -0.05) is 13.8 Å². The Labute approximate surface area is 102 Å². The van der Waals surface area contributed by atoms with Crippen LogP contribution in [-0.4, -0.2) is 42.0 Å². The Morgan fingerprint density at radius 3 is 2.53 bits per heavy atom. The molecular formula is C12H22N2O3. The van der Waals surface area contributed by atoms with Crippen LogP contribution in [-0.2, 0) is 14.3 Å². The zero-order valence-corrected chi connectivity index (χ0v) is 11.0. The topological polar surface area (TPSA) is 72.6 Å². The van der Waals surface area contributed by atoms with E-state index in [-0.39, 0.29) is 17.9 Å². The highest BCUT2D eigenvalue weighted by atomic mass is 16.5. The van der Waals surface area contributed by atoms with E-state index in [0.717, 1.165) is 0 Å². The van der Waals surface area contributed by atoms with Crippen LogP contribution in [0.3, 0.4) is 0 Å². The maximum atomic E-state index is 12.0. The van der Waals surface area contributed by atoms with Gasteiger partial charge >= 0.3 is 5.97 Å². The minimum atomic E-state index is -0.504. The van der Waals surface area contributed by atoms with E-state index in [4.69, 9.17) is 10.5 Å². The lowest BCUT2D eigenvalue weighted by molar-refractivity contribution is -0.153. The largest absolute Gasteiger partial charge is 0.467 e. The average Bonchev–Trinajstić information content (AvgIpc) is 2.49. The van der Waals surface area contributed by atoms with Crippen LogP contribution in [0.5, 0.6) is 0 Å².